The topological polar surface area (TPSA) is 70.2 Å². The van der Waals surface area contributed by atoms with E-state index >= 15 is 0 Å². The number of rotatable bonds is 7. The molecule has 0 fully saturated rings. The van der Waals surface area contributed by atoms with Crippen LogP contribution in [-0.2, 0) is 0 Å². The number of nitrogens with zero attached hydrogens (tertiary/aromatic N) is 3. The normalized spacial score (nSPS) is 10.4. The quantitative estimate of drug-likeness (QED) is 0.742. The third-order valence-corrected chi connectivity index (χ3v) is 2.75. The molecule has 1 aromatic heterocycles. The van der Waals surface area contributed by atoms with Crippen molar-refractivity contribution in [2.24, 2.45) is 0 Å². The van der Waals surface area contributed by atoms with Gasteiger partial charge in [0.15, 0.2) is 0 Å². The van der Waals surface area contributed by atoms with Crippen LogP contribution >= 0.6 is 0 Å². The molecule has 0 aliphatic carbocycles. The summed E-state index contributed by atoms with van der Waals surface area (Å²) in [6, 6.07) is 0. The molecular formula is C12H21N5O. The minimum absolute atomic E-state index is 0.183. The van der Waals surface area contributed by atoms with Crippen LogP contribution < -0.4 is 10.6 Å². The van der Waals surface area contributed by atoms with Crippen molar-refractivity contribution < 1.29 is 4.79 Å². The van der Waals surface area contributed by atoms with Crippen LogP contribution in [-0.4, -0.2) is 54.0 Å². The molecule has 0 bridgehead atoms. The Hall–Kier alpha value is -1.69. The Balaban J connectivity index is 2.40. The maximum Gasteiger partial charge on any atom is 0.271 e. The van der Waals surface area contributed by atoms with Gasteiger partial charge in [0.25, 0.3) is 5.91 Å². The minimum Gasteiger partial charge on any atom is -0.372 e. The average molecular weight is 251 g/mol. The van der Waals surface area contributed by atoms with Crippen molar-refractivity contribution in [3.8, 4) is 0 Å². The molecule has 0 radical (unpaired) electrons. The van der Waals surface area contributed by atoms with Gasteiger partial charge in [-0.15, -0.1) is 0 Å². The second-order valence-corrected chi connectivity index (χ2v) is 3.82. The van der Waals surface area contributed by atoms with E-state index in [1.54, 1.807) is 13.2 Å². The predicted molar refractivity (Wildman–Crippen MR) is 71.7 cm³/mol. The van der Waals surface area contributed by atoms with Gasteiger partial charge in [-0.3, -0.25) is 4.79 Å². The Morgan fingerprint density at radius 1 is 1.28 bits per heavy atom. The van der Waals surface area contributed by atoms with E-state index in [9.17, 15) is 4.79 Å². The summed E-state index contributed by atoms with van der Waals surface area (Å²) in [7, 11) is 1.76. The molecule has 6 heteroatoms. The molecule has 1 rings (SSSR count). The molecule has 0 saturated heterocycles. The number of nitrogens with one attached hydrogen (secondary N) is 2. The zero-order valence-corrected chi connectivity index (χ0v) is 11.2. The van der Waals surface area contributed by atoms with E-state index in [2.05, 4.69) is 39.3 Å². The molecule has 2 N–H and O–H groups in total. The van der Waals surface area contributed by atoms with Gasteiger partial charge >= 0.3 is 0 Å². The first-order chi connectivity index (χ1) is 8.71. The van der Waals surface area contributed by atoms with Crippen molar-refractivity contribution in [3.05, 3.63) is 18.1 Å². The monoisotopic (exact) mass is 251 g/mol. The second kappa shape index (κ2) is 7.60. The summed E-state index contributed by atoms with van der Waals surface area (Å²) in [6.45, 7) is 7.66. The van der Waals surface area contributed by atoms with Crippen LogP contribution in [0.5, 0.6) is 0 Å². The Kier molecular flexibility index (Phi) is 6.07. The fourth-order valence-electron chi connectivity index (χ4n) is 1.53. The lowest BCUT2D eigenvalue weighted by Crippen LogP contribution is -2.35. The highest BCUT2D eigenvalue weighted by molar-refractivity contribution is 5.91. The van der Waals surface area contributed by atoms with Crippen LogP contribution in [0.25, 0.3) is 0 Å². The van der Waals surface area contributed by atoms with E-state index in [4.69, 9.17) is 0 Å². The van der Waals surface area contributed by atoms with E-state index in [1.807, 2.05) is 0 Å². The molecule has 0 unspecified atom stereocenters. The Morgan fingerprint density at radius 2 is 2.00 bits per heavy atom. The highest BCUT2D eigenvalue weighted by Crippen LogP contribution is 1.99. The number of aromatic nitrogens is 2. The Labute approximate surface area is 108 Å². The molecule has 1 aromatic rings. The first-order valence-corrected chi connectivity index (χ1v) is 6.21. The first kappa shape index (κ1) is 14.4. The smallest absolute Gasteiger partial charge is 0.271 e. The molecule has 0 aromatic carbocycles. The lowest BCUT2D eigenvalue weighted by Gasteiger charge is -2.17. The van der Waals surface area contributed by atoms with Crippen LogP contribution in [0.4, 0.5) is 5.82 Å². The largest absolute Gasteiger partial charge is 0.372 e. The standard InChI is InChI=1S/C12H21N5O/c1-4-17(5-2)7-6-14-12(18)10-8-16-11(13-3)9-15-10/h8-9H,4-7H2,1-3H3,(H,13,16)(H,14,18). The summed E-state index contributed by atoms with van der Waals surface area (Å²) in [4.78, 5) is 22.1. The fourth-order valence-corrected chi connectivity index (χ4v) is 1.53. The van der Waals surface area contributed by atoms with Crippen molar-refractivity contribution >= 4 is 11.7 Å². The molecule has 1 amide bonds. The molecule has 0 spiro atoms. The van der Waals surface area contributed by atoms with Crippen LogP contribution in [0.2, 0.25) is 0 Å². The maximum absolute atomic E-state index is 11.7. The highest BCUT2D eigenvalue weighted by Gasteiger charge is 2.07. The van der Waals surface area contributed by atoms with Crippen molar-refractivity contribution in [3.63, 3.8) is 0 Å². The summed E-state index contributed by atoms with van der Waals surface area (Å²) < 4.78 is 0. The summed E-state index contributed by atoms with van der Waals surface area (Å²) in [5.41, 5.74) is 0.341. The van der Waals surface area contributed by atoms with Crippen LogP contribution in [0.1, 0.15) is 24.3 Å². The van der Waals surface area contributed by atoms with Gasteiger partial charge in [-0.1, -0.05) is 13.8 Å². The molecule has 0 aliphatic rings. The SMILES string of the molecule is CCN(CC)CCNC(=O)c1cnc(NC)cn1. The van der Waals surface area contributed by atoms with Crippen LogP contribution in [0, 0.1) is 0 Å². The van der Waals surface area contributed by atoms with Gasteiger partial charge in [0, 0.05) is 20.1 Å². The summed E-state index contributed by atoms with van der Waals surface area (Å²) in [6.07, 6.45) is 3.01. The second-order valence-electron chi connectivity index (χ2n) is 3.82. The molecular weight excluding hydrogens is 230 g/mol. The molecule has 0 atom stereocenters. The van der Waals surface area contributed by atoms with Gasteiger partial charge < -0.3 is 15.5 Å². The minimum atomic E-state index is -0.183. The Morgan fingerprint density at radius 3 is 2.50 bits per heavy atom. The summed E-state index contributed by atoms with van der Waals surface area (Å²) in [5.74, 6) is 0.465. The lowest BCUT2D eigenvalue weighted by molar-refractivity contribution is 0.0943. The molecule has 6 nitrogen and oxygen atoms in total. The third kappa shape index (κ3) is 4.29. The molecule has 1 heterocycles. The van der Waals surface area contributed by atoms with Gasteiger partial charge in [0.05, 0.1) is 12.4 Å². The first-order valence-electron chi connectivity index (χ1n) is 6.21. The molecule has 0 aliphatic heterocycles. The maximum atomic E-state index is 11.7. The number of carbonyl (C=O) groups is 1. The van der Waals surface area contributed by atoms with E-state index < -0.39 is 0 Å². The van der Waals surface area contributed by atoms with Crippen molar-refractivity contribution in [2.45, 2.75) is 13.8 Å². The number of amides is 1. The van der Waals surface area contributed by atoms with E-state index in [0.717, 1.165) is 19.6 Å². The average Bonchev–Trinajstić information content (AvgIpc) is 2.43. The van der Waals surface area contributed by atoms with E-state index in [1.165, 1.54) is 6.20 Å². The third-order valence-electron chi connectivity index (χ3n) is 2.75. The summed E-state index contributed by atoms with van der Waals surface area (Å²) in [5, 5.41) is 5.69. The molecule has 18 heavy (non-hydrogen) atoms. The lowest BCUT2D eigenvalue weighted by atomic mass is 10.4. The Bertz CT molecular complexity index is 361. The zero-order chi connectivity index (χ0) is 13.4. The number of carbonyl (C=O) groups excluding carboxylic acids is 1. The van der Waals surface area contributed by atoms with Gasteiger partial charge in [-0.05, 0) is 13.1 Å². The van der Waals surface area contributed by atoms with Crippen molar-refractivity contribution in [2.75, 3.05) is 38.5 Å². The molecule has 100 valence electrons. The van der Waals surface area contributed by atoms with Gasteiger partial charge in [0.2, 0.25) is 0 Å². The number of hydrogen-bond acceptors (Lipinski definition) is 5. The van der Waals surface area contributed by atoms with Gasteiger partial charge in [-0.2, -0.15) is 0 Å². The van der Waals surface area contributed by atoms with Gasteiger partial charge in [-0.25, -0.2) is 9.97 Å². The predicted octanol–water partition coefficient (Wildman–Crippen LogP) is 0.590. The van der Waals surface area contributed by atoms with Gasteiger partial charge in [0.1, 0.15) is 11.5 Å². The number of likely N-dealkylation sites (N-methyl/N-ethyl adjacent to an activating group) is 1. The summed E-state index contributed by atoms with van der Waals surface area (Å²) >= 11 is 0. The van der Waals surface area contributed by atoms with Crippen molar-refractivity contribution in [1.82, 2.24) is 20.2 Å². The van der Waals surface area contributed by atoms with Crippen LogP contribution in [0.15, 0.2) is 12.4 Å². The van der Waals surface area contributed by atoms with Crippen LogP contribution in [0.3, 0.4) is 0 Å². The fraction of sp³-hybridized carbons (Fsp3) is 0.583. The number of hydrogen-bond donors (Lipinski definition) is 2. The molecule has 0 saturated carbocycles. The van der Waals surface area contributed by atoms with Crippen molar-refractivity contribution in [1.29, 1.82) is 0 Å². The number of anilines is 1. The van der Waals surface area contributed by atoms with E-state index in [-0.39, 0.29) is 5.91 Å². The highest BCUT2D eigenvalue weighted by atomic mass is 16.1. The van der Waals surface area contributed by atoms with E-state index in [0.29, 0.717) is 18.1 Å². The zero-order valence-electron chi connectivity index (χ0n) is 11.2.